The van der Waals surface area contributed by atoms with Crippen molar-refractivity contribution in [2.75, 3.05) is 18.9 Å². The summed E-state index contributed by atoms with van der Waals surface area (Å²) in [4.78, 5) is 37.1. The van der Waals surface area contributed by atoms with Crippen LogP contribution in [0.3, 0.4) is 0 Å². The first kappa shape index (κ1) is 21.7. The molecule has 0 aliphatic heterocycles. The molecule has 0 atom stereocenters. The molecule has 10 heteroatoms. The minimum atomic E-state index is -4.63. The fourth-order valence-electron chi connectivity index (χ4n) is 2.35. The van der Waals surface area contributed by atoms with Gasteiger partial charge in [0.25, 0.3) is 5.56 Å². The summed E-state index contributed by atoms with van der Waals surface area (Å²) >= 11 is 3.31. The lowest BCUT2D eigenvalue weighted by molar-refractivity contribution is -0.138. The number of pyridine rings is 1. The number of benzene rings is 1. The highest BCUT2D eigenvalue weighted by Crippen LogP contribution is 2.28. The van der Waals surface area contributed by atoms with E-state index in [0.717, 1.165) is 21.0 Å². The molecule has 0 radical (unpaired) electrons. The van der Waals surface area contributed by atoms with Crippen LogP contribution in [0.25, 0.3) is 0 Å². The van der Waals surface area contributed by atoms with E-state index >= 15 is 0 Å². The molecular formula is C18H17BrF3N3O3. The highest BCUT2D eigenvalue weighted by molar-refractivity contribution is 9.10. The van der Waals surface area contributed by atoms with Crippen molar-refractivity contribution in [2.45, 2.75) is 19.6 Å². The summed E-state index contributed by atoms with van der Waals surface area (Å²) in [6.45, 7) is 0.876. The van der Waals surface area contributed by atoms with E-state index in [1.54, 1.807) is 19.1 Å². The Balaban J connectivity index is 2.03. The van der Waals surface area contributed by atoms with Crippen LogP contribution in [0, 0.1) is 6.92 Å². The van der Waals surface area contributed by atoms with Gasteiger partial charge in [0.2, 0.25) is 11.8 Å². The Hall–Kier alpha value is -2.62. The number of nitrogens with one attached hydrogen (secondary N) is 1. The SMILES string of the molecule is Cc1cc(Br)ccc1NC(=O)CN(C)C(=O)Cn1cc(C(F)(F)F)ccc1=O. The Labute approximate surface area is 167 Å². The summed E-state index contributed by atoms with van der Waals surface area (Å²) < 4.78 is 39.8. The zero-order valence-corrected chi connectivity index (χ0v) is 16.6. The topological polar surface area (TPSA) is 71.4 Å². The maximum absolute atomic E-state index is 12.8. The second kappa shape index (κ2) is 8.59. The van der Waals surface area contributed by atoms with Crippen LogP contribution in [-0.2, 0) is 22.3 Å². The summed E-state index contributed by atoms with van der Waals surface area (Å²) in [6.07, 6.45) is -4.05. The molecule has 0 unspecified atom stereocenters. The molecule has 0 bridgehead atoms. The van der Waals surface area contributed by atoms with E-state index in [0.29, 0.717) is 22.5 Å². The van der Waals surface area contributed by atoms with Crippen LogP contribution < -0.4 is 10.9 Å². The van der Waals surface area contributed by atoms with E-state index in [9.17, 15) is 27.6 Å². The Bertz CT molecular complexity index is 957. The molecule has 0 fully saturated rings. The van der Waals surface area contributed by atoms with Crippen molar-refractivity contribution in [2.24, 2.45) is 0 Å². The quantitative estimate of drug-likeness (QED) is 0.746. The summed E-state index contributed by atoms with van der Waals surface area (Å²) in [5.41, 5.74) is -0.397. The largest absolute Gasteiger partial charge is 0.417 e. The van der Waals surface area contributed by atoms with Gasteiger partial charge in [0, 0.05) is 29.5 Å². The van der Waals surface area contributed by atoms with Gasteiger partial charge in [-0.1, -0.05) is 15.9 Å². The Morgan fingerprint density at radius 1 is 1.21 bits per heavy atom. The van der Waals surface area contributed by atoms with Gasteiger partial charge in [-0.15, -0.1) is 0 Å². The molecule has 0 aliphatic carbocycles. The Morgan fingerprint density at radius 3 is 2.50 bits per heavy atom. The molecule has 1 aromatic carbocycles. The van der Waals surface area contributed by atoms with Crippen molar-refractivity contribution in [1.82, 2.24) is 9.47 Å². The van der Waals surface area contributed by atoms with Crippen molar-refractivity contribution in [3.05, 3.63) is 62.5 Å². The van der Waals surface area contributed by atoms with Gasteiger partial charge in [0.05, 0.1) is 12.1 Å². The van der Waals surface area contributed by atoms with E-state index in [1.165, 1.54) is 7.05 Å². The molecule has 6 nitrogen and oxygen atoms in total. The number of hydrogen-bond acceptors (Lipinski definition) is 3. The second-order valence-electron chi connectivity index (χ2n) is 6.14. The molecule has 1 heterocycles. The van der Waals surface area contributed by atoms with Gasteiger partial charge in [0.1, 0.15) is 6.54 Å². The van der Waals surface area contributed by atoms with Gasteiger partial charge in [0.15, 0.2) is 0 Å². The van der Waals surface area contributed by atoms with Gasteiger partial charge in [-0.25, -0.2) is 0 Å². The van der Waals surface area contributed by atoms with Crippen molar-refractivity contribution in [1.29, 1.82) is 0 Å². The molecule has 150 valence electrons. The first-order valence-electron chi connectivity index (χ1n) is 8.05. The number of amides is 2. The van der Waals surface area contributed by atoms with E-state index in [4.69, 9.17) is 0 Å². The van der Waals surface area contributed by atoms with Gasteiger partial charge < -0.3 is 14.8 Å². The molecular weight excluding hydrogens is 443 g/mol. The normalized spacial score (nSPS) is 11.2. The van der Waals surface area contributed by atoms with Gasteiger partial charge in [-0.3, -0.25) is 14.4 Å². The predicted octanol–water partition coefficient (Wildman–Crippen LogP) is 3.04. The monoisotopic (exact) mass is 459 g/mol. The third-order valence-corrected chi connectivity index (χ3v) is 4.38. The Kier molecular flexibility index (Phi) is 6.65. The lowest BCUT2D eigenvalue weighted by atomic mass is 10.2. The third kappa shape index (κ3) is 5.69. The van der Waals surface area contributed by atoms with Crippen LogP contribution in [0.2, 0.25) is 0 Å². The van der Waals surface area contributed by atoms with Crippen LogP contribution in [-0.4, -0.2) is 34.9 Å². The number of hydrogen-bond donors (Lipinski definition) is 1. The number of aryl methyl sites for hydroxylation is 1. The van der Waals surface area contributed by atoms with E-state index in [2.05, 4.69) is 21.2 Å². The van der Waals surface area contributed by atoms with Gasteiger partial charge in [-0.05, 0) is 36.8 Å². The predicted molar refractivity (Wildman–Crippen MR) is 101 cm³/mol. The lowest BCUT2D eigenvalue weighted by Crippen LogP contribution is -2.38. The van der Waals surface area contributed by atoms with Crippen molar-refractivity contribution in [3.63, 3.8) is 0 Å². The molecule has 2 amide bonds. The van der Waals surface area contributed by atoms with Gasteiger partial charge >= 0.3 is 6.18 Å². The van der Waals surface area contributed by atoms with E-state index in [1.807, 2.05) is 6.07 Å². The first-order chi connectivity index (χ1) is 13.0. The molecule has 28 heavy (non-hydrogen) atoms. The maximum atomic E-state index is 12.8. The maximum Gasteiger partial charge on any atom is 0.417 e. The third-order valence-electron chi connectivity index (χ3n) is 3.89. The summed E-state index contributed by atoms with van der Waals surface area (Å²) in [5.74, 6) is -1.15. The molecule has 2 rings (SSSR count). The molecule has 0 saturated carbocycles. The Morgan fingerprint density at radius 2 is 1.89 bits per heavy atom. The molecule has 0 saturated heterocycles. The average Bonchev–Trinajstić information content (AvgIpc) is 2.58. The van der Waals surface area contributed by atoms with Crippen LogP contribution in [0.15, 0.2) is 45.8 Å². The highest BCUT2D eigenvalue weighted by Gasteiger charge is 2.31. The number of carbonyl (C=O) groups excluding carboxylic acids is 2. The zero-order valence-electron chi connectivity index (χ0n) is 15.0. The van der Waals surface area contributed by atoms with Crippen molar-refractivity contribution in [3.8, 4) is 0 Å². The van der Waals surface area contributed by atoms with E-state index in [-0.39, 0.29) is 6.54 Å². The lowest BCUT2D eigenvalue weighted by Gasteiger charge is -2.18. The first-order valence-corrected chi connectivity index (χ1v) is 8.84. The number of rotatable bonds is 5. The van der Waals surface area contributed by atoms with Gasteiger partial charge in [-0.2, -0.15) is 13.2 Å². The van der Waals surface area contributed by atoms with Crippen LogP contribution in [0.1, 0.15) is 11.1 Å². The van der Waals surface area contributed by atoms with Crippen molar-refractivity contribution < 1.29 is 22.8 Å². The van der Waals surface area contributed by atoms with Crippen LogP contribution in [0.4, 0.5) is 18.9 Å². The second-order valence-corrected chi connectivity index (χ2v) is 7.05. The minimum Gasteiger partial charge on any atom is -0.335 e. The number of aromatic nitrogens is 1. The summed E-state index contributed by atoms with van der Waals surface area (Å²) in [7, 11) is 1.33. The average molecular weight is 460 g/mol. The van der Waals surface area contributed by atoms with E-state index < -0.39 is 35.7 Å². The number of carbonyl (C=O) groups is 2. The molecule has 1 N–H and O–H groups in total. The van der Waals surface area contributed by atoms with Crippen LogP contribution >= 0.6 is 15.9 Å². The number of nitrogens with zero attached hydrogens (tertiary/aromatic N) is 2. The van der Waals surface area contributed by atoms with Crippen LogP contribution in [0.5, 0.6) is 0 Å². The van der Waals surface area contributed by atoms with Crippen molar-refractivity contribution >= 4 is 33.4 Å². The number of alkyl halides is 3. The molecule has 2 aromatic rings. The highest BCUT2D eigenvalue weighted by atomic mass is 79.9. The molecule has 0 spiro atoms. The number of halogens is 4. The number of likely N-dealkylation sites (N-methyl/N-ethyl adjacent to an activating group) is 1. The molecule has 1 aromatic heterocycles. The minimum absolute atomic E-state index is 0.317. The fourth-order valence-corrected chi connectivity index (χ4v) is 2.83. The molecule has 0 aliphatic rings. The zero-order chi connectivity index (χ0) is 21.1. The fraction of sp³-hybridized carbons (Fsp3) is 0.278. The summed E-state index contributed by atoms with van der Waals surface area (Å²) in [5, 5.41) is 2.66. The standard InChI is InChI=1S/C18H17BrF3N3O3/c1-11-7-13(19)4-5-14(11)23-15(26)9-24(2)17(28)10-25-8-12(18(20,21)22)3-6-16(25)27/h3-8H,9-10H2,1-2H3,(H,23,26). The number of anilines is 1. The smallest absolute Gasteiger partial charge is 0.335 e. The summed E-state index contributed by atoms with van der Waals surface area (Å²) in [6, 6.07) is 6.66.